The summed E-state index contributed by atoms with van der Waals surface area (Å²) in [7, 11) is 1.54. The van der Waals surface area contributed by atoms with E-state index >= 15 is 0 Å². The smallest absolute Gasteiger partial charge is 0.382 e. The molecule has 1 unspecified atom stereocenters. The number of anilines is 1. The van der Waals surface area contributed by atoms with Crippen LogP contribution in [0.15, 0.2) is 23.3 Å². The van der Waals surface area contributed by atoms with Gasteiger partial charge in [-0.3, -0.25) is 5.43 Å². The van der Waals surface area contributed by atoms with Gasteiger partial charge in [0.25, 0.3) is 0 Å². The minimum atomic E-state index is -4.46. The van der Waals surface area contributed by atoms with Crippen molar-refractivity contribution < 1.29 is 17.9 Å². The predicted molar refractivity (Wildman–Crippen MR) is 69.0 cm³/mol. The van der Waals surface area contributed by atoms with Gasteiger partial charge in [-0.25, -0.2) is 15.8 Å². The number of hydrogen-bond acceptors (Lipinski definition) is 4. The van der Waals surface area contributed by atoms with Crippen LogP contribution in [0.25, 0.3) is 0 Å². The van der Waals surface area contributed by atoms with Gasteiger partial charge >= 0.3 is 6.18 Å². The Balaban J connectivity index is 2.76. The Morgan fingerprint density at radius 1 is 1.50 bits per heavy atom. The van der Waals surface area contributed by atoms with E-state index in [1.807, 2.05) is 0 Å². The van der Waals surface area contributed by atoms with Crippen LogP contribution < -0.4 is 16.6 Å². The van der Waals surface area contributed by atoms with Gasteiger partial charge < -0.3 is 10.1 Å². The number of rotatable bonds is 4. The van der Waals surface area contributed by atoms with Gasteiger partial charge in [-0.1, -0.05) is 0 Å². The van der Waals surface area contributed by atoms with Crippen LogP contribution in [0.3, 0.4) is 0 Å². The van der Waals surface area contributed by atoms with E-state index in [0.717, 1.165) is 12.3 Å². The second-order valence-electron chi connectivity index (χ2n) is 3.98. The molecule has 9 heteroatoms. The molecule has 0 spiro atoms. The molecular weight excluding hydrogens is 275 g/mol. The number of aliphatic imine (C=N–C) groups is 1. The summed E-state index contributed by atoms with van der Waals surface area (Å²) in [6, 6.07) is 1.94. The lowest BCUT2D eigenvalue weighted by Gasteiger charge is -2.12. The fourth-order valence-corrected chi connectivity index (χ4v) is 1.38. The number of nitrogens with zero attached hydrogens (tertiary/aromatic N) is 2. The summed E-state index contributed by atoms with van der Waals surface area (Å²) in [5, 5.41) is 2.73. The van der Waals surface area contributed by atoms with Crippen LogP contribution in [0.1, 0.15) is 12.6 Å². The molecule has 0 aliphatic carbocycles. The van der Waals surface area contributed by atoms with Crippen LogP contribution in [0.4, 0.5) is 18.9 Å². The predicted octanol–water partition coefficient (Wildman–Crippen LogP) is 1.37. The fourth-order valence-electron chi connectivity index (χ4n) is 1.38. The number of hydrogen-bond donors (Lipinski definition) is 3. The Morgan fingerprint density at radius 2 is 2.20 bits per heavy atom. The Kier molecular flexibility index (Phi) is 5.71. The van der Waals surface area contributed by atoms with Gasteiger partial charge in [0.15, 0.2) is 0 Å². The first-order valence-electron chi connectivity index (χ1n) is 5.70. The molecule has 1 atom stereocenters. The van der Waals surface area contributed by atoms with Gasteiger partial charge in [-0.05, 0) is 19.1 Å². The minimum Gasteiger partial charge on any atom is -0.382 e. The molecule has 6 nitrogen and oxygen atoms in total. The number of hydrazine groups is 1. The second-order valence-corrected chi connectivity index (χ2v) is 3.98. The summed E-state index contributed by atoms with van der Waals surface area (Å²) in [5.74, 6) is 5.48. The first-order valence-corrected chi connectivity index (χ1v) is 5.70. The molecule has 4 N–H and O–H groups in total. The molecule has 1 heterocycles. The highest BCUT2D eigenvalue weighted by molar-refractivity contribution is 5.93. The number of pyridine rings is 1. The van der Waals surface area contributed by atoms with E-state index in [-0.39, 0.29) is 12.0 Å². The van der Waals surface area contributed by atoms with Crippen LogP contribution in [-0.4, -0.2) is 30.7 Å². The van der Waals surface area contributed by atoms with Crippen molar-refractivity contribution in [1.82, 2.24) is 10.4 Å². The van der Waals surface area contributed by atoms with Gasteiger partial charge in [0, 0.05) is 7.11 Å². The van der Waals surface area contributed by atoms with Crippen LogP contribution in [0, 0.1) is 0 Å². The van der Waals surface area contributed by atoms with Crippen LogP contribution in [0.2, 0.25) is 0 Å². The SMILES string of the molecule is COCC(C)N=C(NN)Nc1ccc(C(F)(F)F)nc1. The Morgan fingerprint density at radius 3 is 2.65 bits per heavy atom. The molecule has 0 saturated carbocycles. The van der Waals surface area contributed by atoms with Crippen LogP contribution >= 0.6 is 0 Å². The number of alkyl halides is 3. The Hall–Kier alpha value is -1.87. The lowest BCUT2D eigenvalue weighted by molar-refractivity contribution is -0.141. The molecule has 0 amide bonds. The van der Waals surface area contributed by atoms with Crippen molar-refractivity contribution in [2.24, 2.45) is 10.8 Å². The van der Waals surface area contributed by atoms with E-state index in [9.17, 15) is 13.2 Å². The Labute approximate surface area is 114 Å². The zero-order valence-electron chi connectivity index (χ0n) is 11.0. The molecular formula is C11H16F3N5O. The first kappa shape index (κ1) is 16.2. The normalized spacial score (nSPS) is 14.0. The lowest BCUT2D eigenvalue weighted by Crippen LogP contribution is -2.37. The maximum Gasteiger partial charge on any atom is 0.433 e. The minimum absolute atomic E-state index is 0.166. The van der Waals surface area contributed by atoms with Crippen molar-refractivity contribution in [2.75, 3.05) is 19.0 Å². The van der Waals surface area contributed by atoms with Crippen molar-refractivity contribution in [3.05, 3.63) is 24.0 Å². The molecule has 0 fully saturated rings. The fraction of sp³-hybridized carbons (Fsp3) is 0.455. The maximum atomic E-state index is 12.4. The Bertz CT molecular complexity index is 446. The molecule has 0 aromatic carbocycles. The quantitative estimate of drug-likeness (QED) is 0.338. The highest BCUT2D eigenvalue weighted by atomic mass is 19.4. The molecule has 1 aromatic heterocycles. The monoisotopic (exact) mass is 291 g/mol. The number of methoxy groups -OCH3 is 1. The summed E-state index contributed by atoms with van der Waals surface area (Å²) in [5.41, 5.74) is 1.69. The van der Waals surface area contributed by atoms with Crippen molar-refractivity contribution >= 4 is 11.6 Å². The number of ether oxygens (including phenoxy) is 1. The van der Waals surface area contributed by atoms with Crippen molar-refractivity contribution in [3.63, 3.8) is 0 Å². The first-order chi connectivity index (χ1) is 9.36. The summed E-state index contributed by atoms with van der Waals surface area (Å²) in [4.78, 5) is 7.46. The molecule has 1 aromatic rings. The van der Waals surface area contributed by atoms with Crippen molar-refractivity contribution in [3.8, 4) is 0 Å². The van der Waals surface area contributed by atoms with Gasteiger partial charge in [-0.15, -0.1) is 0 Å². The number of aromatic nitrogens is 1. The third-order valence-electron chi connectivity index (χ3n) is 2.21. The number of guanidine groups is 1. The van der Waals surface area contributed by atoms with Gasteiger partial charge in [0.1, 0.15) is 5.69 Å². The molecule has 0 aliphatic heterocycles. The zero-order chi connectivity index (χ0) is 15.2. The third kappa shape index (κ3) is 5.02. The van der Waals surface area contributed by atoms with E-state index in [0.29, 0.717) is 12.3 Å². The standard InChI is InChI=1S/C11H16F3N5O/c1-7(6-20-2)17-10(19-15)18-8-3-4-9(16-5-8)11(12,13)14/h3-5,7H,6,15H2,1-2H3,(H2,17,18,19). The number of halogens is 3. The van der Waals surface area contributed by atoms with Crippen LogP contribution in [-0.2, 0) is 10.9 Å². The summed E-state index contributed by atoms with van der Waals surface area (Å²) < 4.78 is 42.0. The van der Waals surface area contributed by atoms with Crippen molar-refractivity contribution in [1.29, 1.82) is 0 Å². The van der Waals surface area contributed by atoms with E-state index in [2.05, 4.69) is 20.7 Å². The van der Waals surface area contributed by atoms with E-state index in [4.69, 9.17) is 10.6 Å². The van der Waals surface area contributed by atoms with E-state index in [1.165, 1.54) is 13.2 Å². The van der Waals surface area contributed by atoms with Gasteiger partial charge in [0.05, 0.1) is 24.5 Å². The molecule has 20 heavy (non-hydrogen) atoms. The van der Waals surface area contributed by atoms with Gasteiger partial charge in [-0.2, -0.15) is 13.2 Å². The van der Waals surface area contributed by atoms with Crippen LogP contribution in [0.5, 0.6) is 0 Å². The van der Waals surface area contributed by atoms with E-state index < -0.39 is 11.9 Å². The molecule has 0 aliphatic rings. The molecule has 0 saturated heterocycles. The third-order valence-corrected chi connectivity index (χ3v) is 2.21. The topological polar surface area (TPSA) is 84.6 Å². The molecule has 0 radical (unpaired) electrons. The summed E-state index contributed by atoms with van der Waals surface area (Å²) in [6.45, 7) is 2.19. The molecule has 112 valence electrons. The molecule has 1 rings (SSSR count). The lowest BCUT2D eigenvalue weighted by atomic mass is 10.3. The number of nitrogens with one attached hydrogen (secondary N) is 2. The molecule has 0 bridgehead atoms. The average molecular weight is 291 g/mol. The van der Waals surface area contributed by atoms with Crippen molar-refractivity contribution in [2.45, 2.75) is 19.1 Å². The average Bonchev–Trinajstić information content (AvgIpc) is 2.37. The largest absolute Gasteiger partial charge is 0.433 e. The number of nitrogens with two attached hydrogens (primary N) is 1. The maximum absolute atomic E-state index is 12.4. The highest BCUT2D eigenvalue weighted by Crippen LogP contribution is 2.27. The van der Waals surface area contributed by atoms with Gasteiger partial charge in [0.2, 0.25) is 5.96 Å². The highest BCUT2D eigenvalue weighted by Gasteiger charge is 2.32. The summed E-state index contributed by atoms with van der Waals surface area (Å²) in [6.07, 6.45) is -3.41. The zero-order valence-corrected chi connectivity index (χ0v) is 11.0. The van der Waals surface area contributed by atoms with E-state index in [1.54, 1.807) is 6.92 Å². The second kappa shape index (κ2) is 7.06. The summed E-state index contributed by atoms with van der Waals surface area (Å²) >= 11 is 0.